The summed E-state index contributed by atoms with van der Waals surface area (Å²) in [4.78, 5) is 27.7. The van der Waals surface area contributed by atoms with Crippen molar-refractivity contribution in [1.29, 1.82) is 0 Å². The third-order valence-electron chi connectivity index (χ3n) is 3.26. The van der Waals surface area contributed by atoms with E-state index >= 15 is 0 Å². The van der Waals surface area contributed by atoms with Gasteiger partial charge in [-0.2, -0.15) is 0 Å². The highest BCUT2D eigenvalue weighted by atomic mass is 79.9. The molecule has 19 heavy (non-hydrogen) atoms. The molecule has 1 saturated heterocycles. The standard InChI is InChI=1S/C14H17BrN2O2/c1-10(2)17-8-7-16(9-13(17)18)14(19)11-3-5-12(15)6-4-11/h3-6,10H,7-9H2,1-2H3. The molecule has 0 atom stereocenters. The Morgan fingerprint density at radius 1 is 1.21 bits per heavy atom. The molecule has 1 aromatic carbocycles. The van der Waals surface area contributed by atoms with Gasteiger partial charge in [-0.25, -0.2) is 0 Å². The highest BCUT2D eigenvalue weighted by molar-refractivity contribution is 9.10. The number of amides is 2. The van der Waals surface area contributed by atoms with E-state index in [1.54, 1.807) is 17.0 Å². The van der Waals surface area contributed by atoms with Gasteiger partial charge in [0.2, 0.25) is 5.91 Å². The highest BCUT2D eigenvalue weighted by Gasteiger charge is 2.28. The van der Waals surface area contributed by atoms with Crippen LogP contribution < -0.4 is 0 Å². The molecule has 0 saturated carbocycles. The first-order valence-electron chi connectivity index (χ1n) is 6.33. The minimum Gasteiger partial charge on any atom is -0.337 e. The van der Waals surface area contributed by atoms with Gasteiger partial charge in [0.25, 0.3) is 5.91 Å². The molecule has 0 aromatic heterocycles. The predicted molar refractivity (Wildman–Crippen MR) is 76.9 cm³/mol. The lowest BCUT2D eigenvalue weighted by molar-refractivity contribution is -0.136. The van der Waals surface area contributed by atoms with Crippen LogP contribution in [0.25, 0.3) is 0 Å². The van der Waals surface area contributed by atoms with Gasteiger partial charge in [-0.15, -0.1) is 0 Å². The second-order valence-corrected chi connectivity index (χ2v) is 5.83. The molecule has 1 heterocycles. The van der Waals surface area contributed by atoms with Crippen LogP contribution in [0.2, 0.25) is 0 Å². The van der Waals surface area contributed by atoms with Crippen LogP contribution >= 0.6 is 15.9 Å². The molecule has 0 radical (unpaired) electrons. The molecule has 1 fully saturated rings. The van der Waals surface area contributed by atoms with Gasteiger partial charge in [0.15, 0.2) is 0 Å². The zero-order valence-electron chi connectivity index (χ0n) is 11.1. The summed E-state index contributed by atoms with van der Waals surface area (Å²) in [6, 6.07) is 7.40. The Morgan fingerprint density at radius 3 is 2.37 bits per heavy atom. The number of carbonyl (C=O) groups excluding carboxylic acids is 2. The lowest BCUT2D eigenvalue weighted by atomic mass is 10.1. The third kappa shape index (κ3) is 3.15. The highest BCUT2D eigenvalue weighted by Crippen LogP contribution is 2.14. The van der Waals surface area contributed by atoms with Crippen LogP contribution in [0.3, 0.4) is 0 Å². The zero-order valence-corrected chi connectivity index (χ0v) is 12.7. The molecule has 2 rings (SSSR count). The zero-order chi connectivity index (χ0) is 14.0. The monoisotopic (exact) mass is 324 g/mol. The van der Waals surface area contributed by atoms with Gasteiger partial charge in [0.05, 0.1) is 0 Å². The van der Waals surface area contributed by atoms with Crippen molar-refractivity contribution in [1.82, 2.24) is 9.80 Å². The number of rotatable bonds is 2. The fourth-order valence-electron chi connectivity index (χ4n) is 2.18. The number of halogens is 1. The molecule has 5 heteroatoms. The van der Waals surface area contributed by atoms with E-state index in [9.17, 15) is 9.59 Å². The average Bonchev–Trinajstić information content (AvgIpc) is 2.38. The second-order valence-electron chi connectivity index (χ2n) is 4.91. The molecule has 0 unspecified atom stereocenters. The minimum atomic E-state index is -0.0794. The van der Waals surface area contributed by atoms with Crippen molar-refractivity contribution < 1.29 is 9.59 Å². The first-order valence-corrected chi connectivity index (χ1v) is 7.12. The third-order valence-corrected chi connectivity index (χ3v) is 3.79. The Bertz CT molecular complexity index is 485. The summed E-state index contributed by atoms with van der Waals surface area (Å²) in [6.07, 6.45) is 0. The molecule has 0 spiro atoms. The molecule has 1 aliphatic heterocycles. The Labute approximate surface area is 121 Å². The maximum Gasteiger partial charge on any atom is 0.254 e. The van der Waals surface area contributed by atoms with Crippen molar-refractivity contribution >= 4 is 27.7 Å². The Kier molecular flexibility index (Phi) is 4.24. The van der Waals surface area contributed by atoms with Crippen molar-refractivity contribution in [2.24, 2.45) is 0 Å². The van der Waals surface area contributed by atoms with Gasteiger partial charge in [-0.3, -0.25) is 9.59 Å². The van der Waals surface area contributed by atoms with E-state index in [4.69, 9.17) is 0 Å². The van der Waals surface area contributed by atoms with Crippen LogP contribution in [0.15, 0.2) is 28.7 Å². The first kappa shape index (κ1) is 14.1. The van der Waals surface area contributed by atoms with Crippen molar-refractivity contribution in [3.63, 3.8) is 0 Å². The van der Waals surface area contributed by atoms with E-state index in [1.807, 2.05) is 30.9 Å². The van der Waals surface area contributed by atoms with Crippen LogP contribution in [-0.4, -0.2) is 47.3 Å². The fraction of sp³-hybridized carbons (Fsp3) is 0.429. The van der Waals surface area contributed by atoms with Gasteiger partial charge in [-0.1, -0.05) is 15.9 Å². The van der Waals surface area contributed by atoms with Gasteiger partial charge in [0, 0.05) is 29.2 Å². The number of benzene rings is 1. The Balaban J connectivity index is 2.06. The van der Waals surface area contributed by atoms with E-state index < -0.39 is 0 Å². The van der Waals surface area contributed by atoms with Crippen molar-refractivity contribution in [3.05, 3.63) is 34.3 Å². The molecule has 102 valence electrons. The molecule has 4 nitrogen and oxygen atoms in total. The molecular formula is C14H17BrN2O2. The molecule has 2 amide bonds. The molecule has 0 bridgehead atoms. The predicted octanol–water partition coefficient (Wildman–Crippen LogP) is 2.14. The van der Waals surface area contributed by atoms with Crippen LogP contribution in [-0.2, 0) is 4.79 Å². The summed E-state index contributed by atoms with van der Waals surface area (Å²) >= 11 is 3.34. The van der Waals surface area contributed by atoms with Crippen LogP contribution in [0.4, 0.5) is 0 Å². The topological polar surface area (TPSA) is 40.6 Å². The van der Waals surface area contributed by atoms with Crippen molar-refractivity contribution in [3.8, 4) is 0 Å². The van der Waals surface area contributed by atoms with Gasteiger partial charge in [-0.05, 0) is 38.1 Å². The second kappa shape index (κ2) is 5.74. The number of hydrogen-bond donors (Lipinski definition) is 0. The van der Waals surface area contributed by atoms with E-state index in [-0.39, 0.29) is 24.4 Å². The van der Waals surface area contributed by atoms with Gasteiger partial charge >= 0.3 is 0 Å². The van der Waals surface area contributed by atoms with Crippen LogP contribution in [0, 0.1) is 0 Å². The molecule has 1 aromatic rings. The molecule has 0 N–H and O–H groups in total. The number of carbonyl (C=O) groups is 2. The summed E-state index contributed by atoms with van der Waals surface area (Å²) in [5, 5.41) is 0. The maximum atomic E-state index is 12.3. The summed E-state index contributed by atoms with van der Waals surface area (Å²) in [7, 11) is 0. The fourth-order valence-corrected chi connectivity index (χ4v) is 2.45. The quantitative estimate of drug-likeness (QED) is 0.836. The van der Waals surface area contributed by atoms with E-state index in [1.165, 1.54) is 0 Å². The lowest BCUT2D eigenvalue weighted by Crippen LogP contribution is -2.54. The molecular weight excluding hydrogens is 308 g/mol. The number of hydrogen-bond acceptors (Lipinski definition) is 2. The van der Waals surface area contributed by atoms with Gasteiger partial charge in [0.1, 0.15) is 6.54 Å². The minimum absolute atomic E-state index is 0.0201. The summed E-state index contributed by atoms with van der Waals surface area (Å²) in [5.41, 5.74) is 0.619. The van der Waals surface area contributed by atoms with Gasteiger partial charge < -0.3 is 9.80 Å². The van der Waals surface area contributed by atoms with Crippen molar-refractivity contribution in [2.45, 2.75) is 19.9 Å². The normalized spacial score (nSPS) is 16.1. The lowest BCUT2D eigenvalue weighted by Gasteiger charge is -2.36. The summed E-state index contributed by atoms with van der Waals surface area (Å²) in [6.45, 7) is 5.36. The van der Waals surface area contributed by atoms with E-state index in [0.29, 0.717) is 18.7 Å². The largest absolute Gasteiger partial charge is 0.337 e. The number of nitrogens with zero attached hydrogens (tertiary/aromatic N) is 2. The number of piperazine rings is 1. The maximum absolute atomic E-state index is 12.3. The molecule has 0 aliphatic carbocycles. The summed E-state index contributed by atoms with van der Waals surface area (Å²) in [5.74, 6) is -0.0593. The molecule has 1 aliphatic rings. The van der Waals surface area contributed by atoms with Crippen molar-refractivity contribution in [2.75, 3.05) is 19.6 Å². The van der Waals surface area contributed by atoms with Crippen LogP contribution in [0.5, 0.6) is 0 Å². The average molecular weight is 325 g/mol. The van der Waals surface area contributed by atoms with E-state index in [0.717, 1.165) is 4.47 Å². The Hall–Kier alpha value is -1.36. The summed E-state index contributed by atoms with van der Waals surface area (Å²) < 4.78 is 0.935. The first-order chi connectivity index (χ1) is 8.99. The SMILES string of the molecule is CC(C)N1CCN(C(=O)c2ccc(Br)cc2)CC1=O. The van der Waals surface area contributed by atoms with E-state index in [2.05, 4.69) is 15.9 Å². The Morgan fingerprint density at radius 2 is 1.84 bits per heavy atom. The smallest absolute Gasteiger partial charge is 0.254 e. The van der Waals surface area contributed by atoms with Crippen LogP contribution in [0.1, 0.15) is 24.2 Å².